The lowest BCUT2D eigenvalue weighted by atomic mass is 10.0. The number of halogens is 2. The first-order valence-corrected chi connectivity index (χ1v) is 8.61. The van der Waals surface area contributed by atoms with Crippen molar-refractivity contribution in [3.05, 3.63) is 40.9 Å². The van der Waals surface area contributed by atoms with Crippen molar-refractivity contribution in [2.75, 3.05) is 26.2 Å². The van der Waals surface area contributed by atoms with Crippen LogP contribution >= 0.6 is 36.2 Å². The number of aryl methyl sites for hydroxylation is 1. The predicted molar refractivity (Wildman–Crippen MR) is 103 cm³/mol. The minimum Gasteiger partial charge on any atom is -0.338 e. The Kier molecular flexibility index (Phi) is 6.26. The van der Waals surface area contributed by atoms with E-state index < -0.39 is 0 Å². The Morgan fingerprint density at radius 3 is 2.58 bits per heavy atom. The highest BCUT2D eigenvalue weighted by atomic mass is 35.5. The van der Waals surface area contributed by atoms with Crippen LogP contribution in [0.3, 0.4) is 0 Å². The highest BCUT2D eigenvalue weighted by molar-refractivity contribution is 7.13. The quantitative estimate of drug-likeness (QED) is 0.862. The molecule has 0 unspecified atom stereocenters. The second kappa shape index (κ2) is 7.83. The van der Waals surface area contributed by atoms with Gasteiger partial charge in [0, 0.05) is 48.4 Å². The topological polar surface area (TPSA) is 45.2 Å². The van der Waals surface area contributed by atoms with Crippen LogP contribution in [0.5, 0.6) is 0 Å². The van der Waals surface area contributed by atoms with Gasteiger partial charge in [0.25, 0.3) is 5.91 Å². The van der Waals surface area contributed by atoms with E-state index in [0.29, 0.717) is 11.8 Å². The number of amides is 1. The van der Waals surface area contributed by atoms with E-state index in [9.17, 15) is 4.79 Å². The molecule has 2 saturated heterocycles. The van der Waals surface area contributed by atoms with Gasteiger partial charge in [-0.2, -0.15) is 0 Å². The third-order valence-corrected chi connectivity index (χ3v) is 5.66. The van der Waals surface area contributed by atoms with Gasteiger partial charge in [0.2, 0.25) is 0 Å². The Balaban J connectivity index is 0.00000104. The summed E-state index contributed by atoms with van der Waals surface area (Å²) in [6.07, 6.45) is 0. The summed E-state index contributed by atoms with van der Waals surface area (Å²) >= 11 is 1.62. The number of rotatable bonds is 2. The van der Waals surface area contributed by atoms with Gasteiger partial charge in [-0.05, 0) is 30.9 Å². The number of hydrogen-bond acceptors (Lipinski definition) is 4. The van der Waals surface area contributed by atoms with Gasteiger partial charge in [0.05, 0.1) is 0 Å². The number of carbonyl (C=O) groups excluding carboxylic acids is 1. The number of carbonyl (C=O) groups is 1. The minimum atomic E-state index is 0. The third kappa shape index (κ3) is 3.59. The Bertz CT molecular complexity index is 709. The molecule has 24 heavy (non-hydrogen) atoms. The maximum absolute atomic E-state index is 12.8. The van der Waals surface area contributed by atoms with Gasteiger partial charge in [0.15, 0.2) is 0 Å². The van der Waals surface area contributed by atoms with Crippen LogP contribution < -0.4 is 5.32 Å². The molecule has 7 heteroatoms. The lowest BCUT2D eigenvalue weighted by Gasteiger charge is -2.17. The van der Waals surface area contributed by atoms with Crippen molar-refractivity contribution in [3.63, 3.8) is 0 Å². The molecular formula is C17H21Cl2N3OS. The molecule has 1 aromatic heterocycles. The van der Waals surface area contributed by atoms with Crippen LogP contribution in [0.15, 0.2) is 29.6 Å². The van der Waals surface area contributed by atoms with Crippen molar-refractivity contribution in [2.45, 2.75) is 6.92 Å². The molecular weight excluding hydrogens is 365 g/mol. The van der Waals surface area contributed by atoms with Crippen LogP contribution in [0.1, 0.15) is 16.1 Å². The van der Waals surface area contributed by atoms with Crippen LogP contribution in [-0.4, -0.2) is 42.0 Å². The number of nitrogens with one attached hydrogen (secondary N) is 1. The van der Waals surface area contributed by atoms with Crippen LogP contribution in [0, 0.1) is 18.8 Å². The number of aromatic nitrogens is 1. The highest BCUT2D eigenvalue weighted by Gasteiger charge is 2.38. The Hall–Kier alpha value is -1.14. The molecule has 0 bridgehead atoms. The largest absolute Gasteiger partial charge is 0.338 e. The molecule has 0 radical (unpaired) electrons. The summed E-state index contributed by atoms with van der Waals surface area (Å²) < 4.78 is 0. The van der Waals surface area contributed by atoms with E-state index >= 15 is 0 Å². The number of benzene rings is 1. The molecule has 4 nitrogen and oxygen atoms in total. The van der Waals surface area contributed by atoms with E-state index in [1.807, 2.05) is 41.5 Å². The van der Waals surface area contributed by atoms with Crippen molar-refractivity contribution >= 4 is 42.1 Å². The lowest BCUT2D eigenvalue weighted by Crippen LogP contribution is -2.31. The molecule has 3 heterocycles. The molecule has 0 aliphatic carbocycles. The fraction of sp³-hybridized carbons (Fsp3) is 0.412. The highest BCUT2D eigenvalue weighted by Crippen LogP contribution is 2.29. The number of hydrogen-bond donors (Lipinski definition) is 1. The Morgan fingerprint density at radius 1 is 1.25 bits per heavy atom. The van der Waals surface area contributed by atoms with Gasteiger partial charge >= 0.3 is 0 Å². The SMILES string of the molecule is Cc1csc(-c2cccc(C(=O)N3C[C@H]4CNC[C@H]4C3)c2)n1.Cl.Cl. The molecule has 2 atom stereocenters. The second-order valence-electron chi connectivity index (χ2n) is 6.26. The third-order valence-electron chi connectivity index (χ3n) is 4.65. The number of fused-ring (bicyclic) bond motifs is 1. The summed E-state index contributed by atoms with van der Waals surface area (Å²) in [6, 6.07) is 7.88. The van der Waals surface area contributed by atoms with Crippen molar-refractivity contribution in [1.29, 1.82) is 0 Å². The van der Waals surface area contributed by atoms with E-state index in [1.54, 1.807) is 11.3 Å². The average Bonchev–Trinajstić information content (AvgIpc) is 3.21. The molecule has 1 N–H and O–H groups in total. The summed E-state index contributed by atoms with van der Waals surface area (Å²) in [7, 11) is 0. The Labute approximate surface area is 158 Å². The standard InChI is InChI=1S/C17H19N3OS.2ClH/c1-11-10-22-16(19-11)12-3-2-4-13(5-12)17(21)20-8-14-6-18-7-15(14)9-20;;/h2-5,10,14-15,18H,6-9H2,1H3;2*1H/t14-,15+;;. The van der Waals surface area contributed by atoms with E-state index in [-0.39, 0.29) is 30.7 Å². The lowest BCUT2D eigenvalue weighted by molar-refractivity contribution is 0.0782. The minimum absolute atomic E-state index is 0. The van der Waals surface area contributed by atoms with E-state index in [1.165, 1.54) is 0 Å². The molecule has 130 valence electrons. The monoisotopic (exact) mass is 385 g/mol. The molecule has 1 amide bonds. The smallest absolute Gasteiger partial charge is 0.253 e. The molecule has 0 saturated carbocycles. The van der Waals surface area contributed by atoms with Crippen molar-refractivity contribution in [1.82, 2.24) is 15.2 Å². The fourth-order valence-electron chi connectivity index (χ4n) is 3.48. The van der Waals surface area contributed by atoms with Crippen LogP contribution in [0.4, 0.5) is 0 Å². The molecule has 2 aromatic rings. The van der Waals surface area contributed by atoms with Crippen LogP contribution in [0.2, 0.25) is 0 Å². The van der Waals surface area contributed by atoms with Gasteiger partial charge in [-0.1, -0.05) is 12.1 Å². The zero-order valence-corrected chi connectivity index (χ0v) is 15.8. The van der Waals surface area contributed by atoms with E-state index in [4.69, 9.17) is 0 Å². The van der Waals surface area contributed by atoms with Gasteiger partial charge in [-0.3, -0.25) is 4.79 Å². The van der Waals surface area contributed by atoms with Gasteiger partial charge in [0.1, 0.15) is 5.01 Å². The number of thiazole rings is 1. The summed E-state index contributed by atoms with van der Waals surface area (Å²) in [6.45, 7) is 5.86. The molecule has 2 aliphatic heterocycles. The van der Waals surface area contributed by atoms with Crippen LogP contribution in [-0.2, 0) is 0 Å². The first-order valence-electron chi connectivity index (χ1n) is 7.73. The summed E-state index contributed by atoms with van der Waals surface area (Å²) in [4.78, 5) is 19.3. The van der Waals surface area contributed by atoms with E-state index in [0.717, 1.165) is 48.0 Å². The van der Waals surface area contributed by atoms with Gasteiger partial charge in [-0.15, -0.1) is 36.2 Å². The van der Waals surface area contributed by atoms with Crippen molar-refractivity contribution < 1.29 is 4.79 Å². The zero-order chi connectivity index (χ0) is 15.1. The summed E-state index contributed by atoms with van der Waals surface area (Å²) in [5.41, 5.74) is 2.83. The maximum atomic E-state index is 12.8. The van der Waals surface area contributed by atoms with Crippen molar-refractivity contribution in [3.8, 4) is 10.6 Å². The second-order valence-corrected chi connectivity index (χ2v) is 7.12. The number of nitrogens with zero attached hydrogens (tertiary/aromatic N) is 2. The molecule has 4 rings (SSSR count). The van der Waals surface area contributed by atoms with E-state index in [2.05, 4.69) is 10.3 Å². The normalized spacial score (nSPS) is 21.8. The molecule has 1 aromatic carbocycles. The molecule has 2 fully saturated rings. The summed E-state index contributed by atoms with van der Waals surface area (Å²) in [5, 5.41) is 6.43. The predicted octanol–water partition coefficient (Wildman–Crippen LogP) is 3.25. The first-order chi connectivity index (χ1) is 10.7. The molecule has 2 aliphatic rings. The van der Waals surface area contributed by atoms with Crippen LogP contribution in [0.25, 0.3) is 10.6 Å². The Morgan fingerprint density at radius 2 is 1.96 bits per heavy atom. The van der Waals surface area contributed by atoms with Gasteiger partial charge in [-0.25, -0.2) is 4.98 Å². The fourth-order valence-corrected chi connectivity index (χ4v) is 4.27. The first kappa shape index (κ1) is 19.2. The average molecular weight is 386 g/mol. The number of likely N-dealkylation sites (tertiary alicyclic amines) is 1. The van der Waals surface area contributed by atoms with Gasteiger partial charge < -0.3 is 10.2 Å². The molecule has 0 spiro atoms. The zero-order valence-electron chi connectivity index (χ0n) is 13.4. The maximum Gasteiger partial charge on any atom is 0.253 e. The van der Waals surface area contributed by atoms with Crippen molar-refractivity contribution in [2.24, 2.45) is 11.8 Å². The summed E-state index contributed by atoms with van der Waals surface area (Å²) in [5.74, 6) is 1.42.